The molecule has 0 bridgehead atoms. The normalized spacial score (nSPS) is 12.9. The Bertz CT molecular complexity index is 1620. The summed E-state index contributed by atoms with van der Waals surface area (Å²) in [6.07, 6.45) is 8.50. The van der Waals surface area contributed by atoms with Crippen molar-refractivity contribution in [3.05, 3.63) is 102 Å². The maximum absolute atomic E-state index is 4.46. The molecule has 0 radical (unpaired) electrons. The van der Waals surface area contributed by atoms with Crippen molar-refractivity contribution in [2.45, 2.75) is 85.0 Å². The summed E-state index contributed by atoms with van der Waals surface area (Å²) >= 11 is 0. The molecule has 5 heteroatoms. The Morgan fingerprint density at radius 2 is 1.45 bits per heavy atom. The van der Waals surface area contributed by atoms with Crippen LogP contribution < -0.4 is 0 Å². The van der Waals surface area contributed by atoms with Gasteiger partial charge < -0.3 is 0 Å². The molecule has 0 unspecified atom stereocenters. The SMILES string of the molecule is CC(C)(C)c1ccc2c(c1)CC=N2.CC(C)(C)c1ccc2nccn2n1.CC(C)(C)c1ccnc2ccccc12. The fourth-order valence-corrected chi connectivity index (χ4v) is 4.55. The van der Waals surface area contributed by atoms with E-state index < -0.39 is 0 Å². The molecular formula is C35H43N5. The highest BCUT2D eigenvalue weighted by Crippen LogP contribution is 2.30. The second-order valence-electron chi connectivity index (χ2n) is 13.4. The van der Waals surface area contributed by atoms with Gasteiger partial charge in [0.25, 0.3) is 0 Å². The molecule has 40 heavy (non-hydrogen) atoms. The molecule has 5 aromatic rings. The van der Waals surface area contributed by atoms with Crippen LogP contribution in [0.4, 0.5) is 5.69 Å². The van der Waals surface area contributed by atoms with Gasteiger partial charge in [-0.1, -0.05) is 92.6 Å². The number of imidazole rings is 1. The first kappa shape index (κ1) is 29.1. The van der Waals surface area contributed by atoms with Gasteiger partial charge in [-0.25, -0.2) is 9.50 Å². The first-order chi connectivity index (χ1) is 18.7. The summed E-state index contributed by atoms with van der Waals surface area (Å²) in [6, 6.07) is 21.0. The van der Waals surface area contributed by atoms with E-state index in [0.717, 1.165) is 29.0 Å². The smallest absolute Gasteiger partial charge is 0.153 e. The Hall–Kier alpha value is -3.86. The Balaban J connectivity index is 0.000000139. The highest BCUT2D eigenvalue weighted by molar-refractivity contribution is 5.82. The van der Waals surface area contributed by atoms with Crippen LogP contribution in [0.25, 0.3) is 16.6 Å². The minimum atomic E-state index is 0.0957. The van der Waals surface area contributed by atoms with Crippen molar-refractivity contribution in [2.75, 3.05) is 0 Å². The zero-order valence-electron chi connectivity index (χ0n) is 25.5. The second kappa shape index (κ2) is 11.3. The molecule has 0 aliphatic carbocycles. The number of pyridine rings is 1. The van der Waals surface area contributed by atoms with Crippen LogP contribution in [0.5, 0.6) is 0 Å². The predicted octanol–water partition coefficient (Wildman–Crippen LogP) is 8.80. The lowest BCUT2D eigenvalue weighted by molar-refractivity contribution is 0.554. The van der Waals surface area contributed by atoms with E-state index in [2.05, 4.69) is 125 Å². The molecular weight excluding hydrogens is 490 g/mol. The van der Waals surface area contributed by atoms with Crippen molar-refractivity contribution in [1.29, 1.82) is 0 Å². The van der Waals surface area contributed by atoms with Gasteiger partial charge in [-0.2, -0.15) is 5.10 Å². The van der Waals surface area contributed by atoms with Crippen molar-refractivity contribution in [2.24, 2.45) is 4.99 Å². The van der Waals surface area contributed by atoms with Crippen LogP contribution in [0.15, 0.2) is 84.2 Å². The van der Waals surface area contributed by atoms with Gasteiger partial charge in [0.05, 0.1) is 16.9 Å². The maximum Gasteiger partial charge on any atom is 0.153 e. The molecule has 6 rings (SSSR count). The number of benzene rings is 2. The minimum absolute atomic E-state index is 0.0957. The number of rotatable bonds is 0. The Kier molecular flexibility index (Phi) is 8.25. The molecule has 0 saturated carbocycles. The van der Waals surface area contributed by atoms with Gasteiger partial charge >= 0.3 is 0 Å². The fraction of sp³-hybridized carbons (Fsp3) is 0.371. The zero-order chi connectivity index (χ0) is 29.1. The van der Waals surface area contributed by atoms with Crippen LogP contribution in [0.3, 0.4) is 0 Å². The van der Waals surface area contributed by atoms with E-state index in [1.165, 1.54) is 22.1 Å². The highest BCUT2D eigenvalue weighted by atomic mass is 15.2. The van der Waals surface area contributed by atoms with E-state index in [-0.39, 0.29) is 16.2 Å². The Morgan fingerprint density at radius 3 is 2.15 bits per heavy atom. The lowest BCUT2D eigenvalue weighted by Crippen LogP contribution is -2.14. The monoisotopic (exact) mass is 533 g/mol. The standard InChI is InChI=1S/C13H15N.C12H15N.C10H13N3/c1-13(2,3)11-8-9-14-12-7-5-4-6-10(11)12;1-12(2,3)10-4-5-11-9(8-10)6-7-13-11;1-10(2,3)8-4-5-9-11-6-7-13(9)12-8/h4-9H,1-3H3;4-5,7-8H,6H2,1-3H3;4-7H,1-3H3. The molecule has 3 aromatic heterocycles. The van der Waals surface area contributed by atoms with Crippen molar-refractivity contribution < 1.29 is 0 Å². The van der Waals surface area contributed by atoms with Crippen LogP contribution in [0, 0.1) is 0 Å². The third-order valence-corrected chi connectivity index (χ3v) is 6.97. The van der Waals surface area contributed by atoms with Gasteiger partial charge in [0.15, 0.2) is 5.65 Å². The average Bonchev–Trinajstić information content (AvgIpc) is 3.56. The van der Waals surface area contributed by atoms with Gasteiger partial charge in [0, 0.05) is 42.0 Å². The van der Waals surface area contributed by atoms with E-state index in [4.69, 9.17) is 0 Å². The number of para-hydroxylation sites is 1. The maximum atomic E-state index is 4.46. The third kappa shape index (κ3) is 7.01. The van der Waals surface area contributed by atoms with Crippen LogP contribution in [0.1, 0.15) is 84.7 Å². The molecule has 1 aliphatic rings. The molecule has 2 aromatic carbocycles. The van der Waals surface area contributed by atoms with E-state index in [1.807, 2.05) is 36.8 Å². The minimum Gasteiger partial charge on any atom is -0.261 e. The van der Waals surface area contributed by atoms with Gasteiger partial charge in [-0.3, -0.25) is 9.98 Å². The zero-order valence-corrected chi connectivity index (χ0v) is 25.5. The molecule has 0 N–H and O–H groups in total. The van der Waals surface area contributed by atoms with Gasteiger partial charge in [0.1, 0.15) is 0 Å². The number of hydrogen-bond donors (Lipinski definition) is 0. The van der Waals surface area contributed by atoms with Crippen LogP contribution >= 0.6 is 0 Å². The lowest BCUT2D eigenvalue weighted by atomic mass is 9.85. The van der Waals surface area contributed by atoms with E-state index in [9.17, 15) is 0 Å². The quantitative estimate of drug-likeness (QED) is 0.200. The largest absolute Gasteiger partial charge is 0.261 e. The Labute approximate surface area is 239 Å². The lowest BCUT2D eigenvalue weighted by Gasteiger charge is -2.20. The molecule has 4 heterocycles. The fourth-order valence-electron chi connectivity index (χ4n) is 4.55. The van der Waals surface area contributed by atoms with E-state index in [1.54, 1.807) is 10.7 Å². The average molecular weight is 534 g/mol. The topological polar surface area (TPSA) is 55.4 Å². The highest BCUT2D eigenvalue weighted by Gasteiger charge is 2.18. The van der Waals surface area contributed by atoms with E-state index >= 15 is 0 Å². The first-order valence-corrected chi connectivity index (χ1v) is 14.0. The van der Waals surface area contributed by atoms with Crippen LogP contribution in [0.2, 0.25) is 0 Å². The van der Waals surface area contributed by atoms with Crippen molar-refractivity contribution in [1.82, 2.24) is 19.6 Å². The molecule has 0 amide bonds. The molecule has 208 valence electrons. The van der Waals surface area contributed by atoms with Crippen LogP contribution in [-0.2, 0) is 22.7 Å². The number of aromatic nitrogens is 4. The molecule has 1 aliphatic heterocycles. The van der Waals surface area contributed by atoms with E-state index in [0.29, 0.717) is 0 Å². The van der Waals surface area contributed by atoms with Crippen molar-refractivity contribution in [3.8, 4) is 0 Å². The Morgan fingerprint density at radius 1 is 0.700 bits per heavy atom. The molecule has 5 nitrogen and oxygen atoms in total. The summed E-state index contributed by atoms with van der Waals surface area (Å²) in [5.74, 6) is 0. The summed E-state index contributed by atoms with van der Waals surface area (Å²) in [4.78, 5) is 12.8. The molecule has 0 fully saturated rings. The van der Waals surface area contributed by atoms with Gasteiger partial charge in [-0.05, 0) is 57.9 Å². The molecule has 0 atom stereocenters. The summed E-state index contributed by atoms with van der Waals surface area (Å²) in [6.45, 7) is 19.9. The van der Waals surface area contributed by atoms with Gasteiger partial charge in [0.2, 0.25) is 0 Å². The van der Waals surface area contributed by atoms with Crippen LogP contribution in [-0.4, -0.2) is 25.8 Å². The molecule has 0 saturated heterocycles. The number of nitrogens with zero attached hydrogens (tertiary/aromatic N) is 5. The predicted molar refractivity (Wildman–Crippen MR) is 169 cm³/mol. The number of fused-ring (bicyclic) bond motifs is 3. The third-order valence-electron chi connectivity index (χ3n) is 6.97. The number of aliphatic imine (C=N–C) groups is 1. The summed E-state index contributed by atoms with van der Waals surface area (Å²) in [5.41, 5.74) is 8.87. The first-order valence-electron chi connectivity index (χ1n) is 14.0. The summed E-state index contributed by atoms with van der Waals surface area (Å²) in [7, 11) is 0. The van der Waals surface area contributed by atoms with Crippen molar-refractivity contribution in [3.63, 3.8) is 0 Å². The second-order valence-corrected chi connectivity index (χ2v) is 13.4. The summed E-state index contributed by atoms with van der Waals surface area (Å²) in [5, 5.41) is 5.73. The summed E-state index contributed by atoms with van der Waals surface area (Å²) < 4.78 is 1.81. The van der Waals surface area contributed by atoms with Crippen molar-refractivity contribution >= 4 is 28.5 Å². The molecule has 0 spiro atoms. The van der Waals surface area contributed by atoms with Gasteiger partial charge in [-0.15, -0.1) is 0 Å². The number of hydrogen-bond acceptors (Lipinski definition) is 4.